The van der Waals surface area contributed by atoms with E-state index in [4.69, 9.17) is 14.2 Å². The number of amides is 1. The number of piperidine rings is 1. The molecule has 158 valence electrons. The molecule has 1 aliphatic heterocycles. The lowest BCUT2D eigenvalue weighted by molar-refractivity contribution is 0.0919. The van der Waals surface area contributed by atoms with E-state index in [1.54, 1.807) is 26.4 Å². The van der Waals surface area contributed by atoms with Gasteiger partial charge in [0.15, 0.2) is 11.5 Å². The summed E-state index contributed by atoms with van der Waals surface area (Å²) in [6.45, 7) is 3.46. The molecule has 0 spiro atoms. The molecule has 2 aromatic rings. The van der Waals surface area contributed by atoms with Crippen LogP contribution in [0.4, 0.5) is 0 Å². The summed E-state index contributed by atoms with van der Waals surface area (Å²) in [5.74, 6) is 1.27. The predicted molar refractivity (Wildman–Crippen MR) is 116 cm³/mol. The second-order valence-electron chi connectivity index (χ2n) is 6.95. The van der Waals surface area contributed by atoms with Gasteiger partial charge in [0.25, 0.3) is 5.91 Å². The van der Waals surface area contributed by atoms with Gasteiger partial charge in [0.1, 0.15) is 6.61 Å². The average Bonchev–Trinajstić information content (AvgIpc) is 2.73. The van der Waals surface area contributed by atoms with Gasteiger partial charge in [0, 0.05) is 17.6 Å². The highest BCUT2D eigenvalue weighted by molar-refractivity contribution is 5.95. The lowest BCUT2D eigenvalue weighted by atomic mass is 9.99. The Morgan fingerprint density at radius 3 is 2.38 bits per heavy atom. The van der Waals surface area contributed by atoms with Crippen molar-refractivity contribution in [2.24, 2.45) is 0 Å². The summed E-state index contributed by atoms with van der Waals surface area (Å²) < 4.78 is 16.9. The molecular weight excluding hydrogens is 392 g/mol. The van der Waals surface area contributed by atoms with Crippen LogP contribution in [0.15, 0.2) is 42.5 Å². The molecule has 1 heterocycles. The number of benzene rings is 2. The van der Waals surface area contributed by atoms with Crippen LogP contribution in [0.1, 0.15) is 35.7 Å². The van der Waals surface area contributed by atoms with Crippen LogP contribution in [0.3, 0.4) is 0 Å². The van der Waals surface area contributed by atoms with Crippen LogP contribution in [0.2, 0.25) is 0 Å². The summed E-state index contributed by atoms with van der Waals surface area (Å²) in [5.41, 5.74) is 1.52. The van der Waals surface area contributed by atoms with Gasteiger partial charge >= 0.3 is 0 Å². The summed E-state index contributed by atoms with van der Waals surface area (Å²) >= 11 is 0. The first-order valence-corrected chi connectivity index (χ1v) is 9.59. The third-order valence-electron chi connectivity index (χ3n) is 5.03. The van der Waals surface area contributed by atoms with E-state index in [9.17, 15) is 4.79 Å². The minimum absolute atomic E-state index is 0. The Balaban J connectivity index is 0.00000300. The van der Waals surface area contributed by atoms with Crippen molar-refractivity contribution < 1.29 is 19.0 Å². The molecule has 0 saturated carbocycles. The molecule has 29 heavy (non-hydrogen) atoms. The number of halogens is 1. The van der Waals surface area contributed by atoms with Gasteiger partial charge in [-0.1, -0.05) is 30.3 Å². The zero-order chi connectivity index (χ0) is 19.9. The maximum absolute atomic E-state index is 12.8. The van der Waals surface area contributed by atoms with E-state index in [2.05, 4.69) is 17.6 Å². The number of hydrogen-bond donors (Lipinski definition) is 2. The van der Waals surface area contributed by atoms with E-state index < -0.39 is 0 Å². The van der Waals surface area contributed by atoms with Crippen molar-refractivity contribution in [2.75, 3.05) is 20.8 Å². The molecule has 3 rings (SSSR count). The molecule has 0 aromatic heterocycles. The predicted octanol–water partition coefficient (Wildman–Crippen LogP) is 3.57. The van der Waals surface area contributed by atoms with Crippen LogP contribution in [-0.4, -0.2) is 38.8 Å². The highest BCUT2D eigenvalue weighted by Crippen LogP contribution is 2.39. The second-order valence-corrected chi connectivity index (χ2v) is 6.95. The fourth-order valence-electron chi connectivity index (χ4n) is 3.38. The van der Waals surface area contributed by atoms with Crippen LogP contribution in [-0.2, 0) is 6.61 Å². The Hall–Kier alpha value is -2.44. The normalized spacial score (nSPS) is 18.3. The molecule has 1 saturated heterocycles. The molecule has 1 aliphatic rings. The average molecular weight is 421 g/mol. The number of methoxy groups -OCH3 is 2. The van der Waals surface area contributed by atoms with Crippen LogP contribution in [0, 0.1) is 0 Å². The van der Waals surface area contributed by atoms with E-state index in [-0.39, 0.29) is 30.4 Å². The van der Waals surface area contributed by atoms with Crippen LogP contribution in [0.5, 0.6) is 17.2 Å². The Morgan fingerprint density at radius 1 is 1.14 bits per heavy atom. The first kappa shape index (κ1) is 22.8. The monoisotopic (exact) mass is 420 g/mol. The van der Waals surface area contributed by atoms with Crippen molar-refractivity contribution in [1.82, 2.24) is 10.6 Å². The maximum Gasteiger partial charge on any atom is 0.251 e. The first-order valence-electron chi connectivity index (χ1n) is 9.59. The largest absolute Gasteiger partial charge is 0.493 e. The Labute approximate surface area is 178 Å². The van der Waals surface area contributed by atoms with Crippen LogP contribution in [0.25, 0.3) is 0 Å². The summed E-state index contributed by atoms with van der Waals surface area (Å²) in [7, 11) is 3.11. The maximum atomic E-state index is 12.8. The van der Waals surface area contributed by atoms with Gasteiger partial charge in [-0.25, -0.2) is 0 Å². The summed E-state index contributed by atoms with van der Waals surface area (Å²) in [6.07, 6.45) is 2.01. The smallest absolute Gasteiger partial charge is 0.251 e. The highest BCUT2D eigenvalue weighted by Gasteiger charge is 2.24. The lowest BCUT2D eigenvalue weighted by Crippen LogP contribution is -2.51. The molecule has 2 aromatic carbocycles. The van der Waals surface area contributed by atoms with Crippen LogP contribution < -0.4 is 24.8 Å². The van der Waals surface area contributed by atoms with Gasteiger partial charge in [0.05, 0.1) is 14.2 Å². The number of hydrogen-bond acceptors (Lipinski definition) is 5. The Bertz CT molecular complexity index is 776. The zero-order valence-corrected chi connectivity index (χ0v) is 17.9. The van der Waals surface area contributed by atoms with Crippen molar-refractivity contribution in [2.45, 2.75) is 38.5 Å². The second kappa shape index (κ2) is 10.9. The summed E-state index contributed by atoms with van der Waals surface area (Å²) in [5, 5.41) is 6.50. The van der Waals surface area contributed by atoms with Gasteiger partial charge in [-0.15, -0.1) is 12.4 Å². The minimum Gasteiger partial charge on any atom is -0.493 e. The minimum atomic E-state index is -0.147. The van der Waals surface area contributed by atoms with E-state index in [0.717, 1.165) is 24.9 Å². The molecular formula is C22H29ClN2O4. The molecule has 0 bridgehead atoms. The van der Waals surface area contributed by atoms with Gasteiger partial charge in [-0.3, -0.25) is 4.79 Å². The zero-order valence-electron chi connectivity index (χ0n) is 17.1. The van der Waals surface area contributed by atoms with E-state index >= 15 is 0 Å². The number of nitrogens with one attached hydrogen (secondary N) is 2. The van der Waals surface area contributed by atoms with E-state index in [0.29, 0.717) is 29.4 Å². The van der Waals surface area contributed by atoms with Crippen molar-refractivity contribution in [3.8, 4) is 17.2 Å². The summed E-state index contributed by atoms with van der Waals surface area (Å²) in [6, 6.07) is 13.6. The molecule has 2 unspecified atom stereocenters. The summed E-state index contributed by atoms with van der Waals surface area (Å²) in [4.78, 5) is 12.8. The molecule has 0 aliphatic carbocycles. The Morgan fingerprint density at radius 2 is 1.79 bits per heavy atom. The van der Waals surface area contributed by atoms with Crippen LogP contribution >= 0.6 is 12.4 Å². The highest BCUT2D eigenvalue weighted by atomic mass is 35.5. The molecule has 1 amide bonds. The molecule has 2 N–H and O–H groups in total. The molecule has 1 fully saturated rings. The Kier molecular flexibility index (Phi) is 8.61. The van der Waals surface area contributed by atoms with Crippen molar-refractivity contribution in [1.29, 1.82) is 0 Å². The van der Waals surface area contributed by atoms with Crippen molar-refractivity contribution in [3.63, 3.8) is 0 Å². The lowest BCUT2D eigenvalue weighted by Gasteiger charge is -2.30. The van der Waals surface area contributed by atoms with Crippen molar-refractivity contribution >= 4 is 18.3 Å². The number of ether oxygens (including phenoxy) is 3. The topological polar surface area (TPSA) is 68.8 Å². The quantitative estimate of drug-likeness (QED) is 0.716. The SMILES string of the molecule is COc1cc(C(=O)NC2CCCNC2C)cc(OC)c1OCc1ccccc1.Cl. The number of carbonyl (C=O) groups is 1. The third kappa shape index (κ3) is 5.78. The van der Waals surface area contributed by atoms with E-state index in [1.165, 1.54) is 0 Å². The molecule has 6 nitrogen and oxygen atoms in total. The van der Waals surface area contributed by atoms with Gasteiger partial charge in [-0.2, -0.15) is 0 Å². The molecule has 7 heteroatoms. The first-order chi connectivity index (χ1) is 13.6. The number of rotatable bonds is 7. The molecule has 2 atom stereocenters. The van der Waals surface area contributed by atoms with Gasteiger partial charge < -0.3 is 24.8 Å². The fraction of sp³-hybridized carbons (Fsp3) is 0.409. The standard InChI is InChI=1S/C22H28N2O4.ClH/c1-15-18(10-7-11-23-15)24-22(25)17-12-19(26-2)21(20(13-17)27-3)28-14-16-8-5-4-6-9-16;/h4-6,8-9,12-13,15,18,23H,7,10-11,14H2,1-3H3,(H,24,25);1H. The third-order valence-corrected chi connectivity index (χ3v) is 5.03. The van der Waals surface area contributed by atoms with Gasteiger partial charge in [0.2, 0.25) is 5.75 Å². The fourth-order valence-corrected chi connectivity index (χ4v) is 3.38. The molecule has 0 radical (unpaired) electrons. The van der Waals surface area contributed by atoms with Crippen molar-refractivity contribution in [3.05, 3.63) is 53.6 Å². The van der Waals surface area contributed by atoms with Gasteiger partial charge in [-0.05, 0) is 44.0 Å². The number of carbonyl (C=O) groups excluding carboxylic acids is 1. The van der Waals surface area contributed by atoms with E-state index in [1.807, 2.05) is 30.3 Å².